The summed E-state index contributed by atoms with van der Waals surface area (Å²) in [6.45, 7) is 6.51. The molecule has 392 valence electrons. The van der Waals surface area contributed by atoms with Crippen LogP contribution in [0.4, 0.5) is 0 Å². The van der Waals surface area contributed by atoms with Crippen LogP contribution in [0.5, 0.6) is 0 Å². The van der Waals surface area contributed by atoms with Gasteiger partial charge in [-0.15, -0.1) is 0 Å². The standard InChI is InChI=1S/C62H108O6/c1-4-7-10-13-16-19-22-25-28-30-32-34-37-40-43-46-49-52-55-61(64)67-58-59(57-66-60(63)54-51-48-45-42-39-36-33-27-24-21-18-15-12-9-6-3)68-62(65)56-53-50-47-44-41-38-35-31-29-26-23-20-17-14-11-8-5-2/h8,11,17,20,26-30,33,35,38,59H,4-7,9-10,12-16,18-19,21-25,31-32,34,36-37,39-58H2,1-3H3/b11-8-,20-17-,29-26-,30-28-,33-27-,38-35-. The molecule has 0 heterocycles. The summed E-state index contributed by atoms with van der Waals surface area (Å²) in [6, 6.07) is 0. The Morgan fingerprint density at radius 1 is 0.309 bits per heavy atom. The average Bonchev–Trinajstić information content (AvgIpc) is 3.34. The number of rotatable bonds is 52. The second-order valence-corrected chi connectivity index (χ2v) is 19.2. The van der Waals surface area contributed by atoms with Gasteiger partial charge in [0.15, 0.2) is 6.10 Å². The number of hydrogen-bond donors (Lipinski definition) is 0. The second kappa shape index (κ2) is 56.4. The van der Waals surface area contributed by atoms with Gasteiger partial charge in [0.25, 0.3) is 0 Å². The Kier molecular flexibility index (Phi) is 53.8. The smallest absolute Gasteiger partial charge is 0.306 e. The van der Waals surface area contributed by atoms with Crippen LogP contribution in [0.2, 0.25) is 0 Å². The number of allylic oxidation sites excluding steroid dienone is 12. The number of carbonyl (C=O) groups is 3. The van der Waals surface area contributed by atoms with E-state index in [0.29, 0.717) is 19.3 Å². The Bertz CT molecular complexity index is 1270. The molecule has 0 rings (SSSR count). The molecule has 1 unspecified atom stereocenters. The lowest BCUT2D eigenvalue weighted by Crippen LogP contribution is -2.30. The summed E-state index contributed by atoms with van der Waals surface area (Å²) in [5.41, 5.74) is 0. The number of carbonyl (C=O) groups excluding carboxylic acids is 3. The van der Waals surface area contributed by atoms with Crippen LogP contribution in [0.3, 0.4) is 0 Å². The van der Waals surface area contributed by atoms with Gasteiger partial charge in [-0.3, -0.25) is 14.4 Å². The van der Waals surface area contributed by atoms with E-state index in [1.807, 2.05) is 0 Å². The summed E-state index contributed by atoms with van der Waals surface area (Å²) in [7, 11) is 0. The highest BCUT2D eigenvalue weighted by atomic mass is 16.6. The largest absolute Gasteiger partial charge is 0.462 e. The summed E-state index contributed by atoms with van der Waals surface area (Å²) >= 11 is 0. The van der Waals surface area contributed by atoms with Crippen LogP contribution in [0.15, 0.2) is 72.9 Å². The van der Waals surface area contributed by atoms with Crippen molar-refractivity contribution in [3.8, 4) is 0 Å². The normalized spacial score (nSPS) is 12.6. The van der Waals surface area contributed by atoms with Crippen LogP contribution < -0.4 is 0 Å². The van der Waals surface area contributed by atoms with Gasteiger partial charge in [0, 0.05) is 19.3 Å². The van der Waals surface area contributed by atoms with Gasteiger partial charge in [-0.1, -0.05) is 229 Å². The number of esters is 3. The molecule has 68 heavy (non-hydrogen) atoms. The summed E-state index contributed by atoms with van der Waals surface area (Å²) in [5.74, 6) is -0.918. The Balaban J connectivity index is 4.43. The van der Waals surface area contributed by atoms with E-state index in [2.05, 4.69) is 93.7 Å². The van der Waals surface area contributed by atoms with Gasteiger partial charge in [0.2, 0.25) is 0 Å². The molecule has 0 amide bonds. The third-order valence-electron chi connectivity index (χ3n) is 12.4. The van der Waals surface area contributed by atoms with E-state index in [9.17, 15) is 14.4 Å². The molecule has 0 saturated heterocycles. The molecule has 0 aromatic carbocycles. The van der Waals surface area contributed by atoms with Crippen LogP contribution in [-0.2, 0) is 28.6 Å². The molecule has 0 radical (unpaired) electrons. The van der Waals surface area contributed by atoms with Crippen LogP contribution in [0, 0.1) is 0 Å². The molecular weight excluding hydrogens is 841 g/mol. The van der Waals surface area contributed by atoms with E-state index in [0.717, 1.165) is 103 Å². The van der Waals surface area contributed by atoms with Crippen LogP contribution in [0.1, 0.15) is 284 Å². The van der Waals surface area contributed by atoms with Crippen molar-refractivity contribution in [3.63, 3.8) is 0 Å². The lowest BCUT2D eigenvalue weighted by molar-refractivity contribution is -0.167. The van der Waals surface area contributed by atoms with Crippen molar-refractivity contribution in [1.29, 1.82) is 0 Å². The highest BCUT2D eigenvalue weighted by Gasteiger charge is 2.19. The highest BCUT2D eigenvalue weighted by Crippen LogP contribution is 2.15. The summed E-state index contributed by atoms with van der Waals surface area (Å²) in [5, 5.41) is 0. The van der Waals surface area contributed by atoms with E-state index in [-0.39, 0.29) is 31.1 Å². The van der Waals surface area contributed by atoms with Crippen molar-refractivity contribution in [1.82, 2.24) is 0 Å². The minimum Gasteiger partial charge on any atom is -0.462 e. The molecule has 0 aliphatic heterocycles. The molecule has 0 saturated carbocycles. The first-order valence-corrected chi connectivity index (χ1v) is 28.9. The maximum absolute atomic E-state index is 12.9. The molecule has 0 aromatic rings. The second-order valence-electron chi connectivity index (χ2n) is 19.2. The molecule has 0 bridgehead atoms. The van der Waals surface area contributed by atoms with Gasteiger partial charge in [-0.2, -0.15) is 0 Å². The van der Waals surface area contributed by atoms with Crippen molar-refractivity contribution in [3.05, 3.63) is 72.9 Å². The van der Waals surface area contributed by atoms with Gasteiger partial charge in [0.05, 0.1) is 0 Å². The highest BCUT2D eigenvalue weighted by molar-refractivity contribution is 5.71. The van der Waals surface area contributed by atoms with Crippen molar-refractivity contribution in [2.75, 3.05) is 13.2 Å². The predicted molar refractivity (Wildman–Crippen MR) is 293 cm³/mol. The lowest BCUT2D eigenvalue weighted by atomic mass is 10.1. The molecule has 6 nitrogen and oxygen atoms in total. The van der Waals surface area contributed by atoms with Gasteiger partial charge >= 0.3 is 17.9 Å². The molecule has 0 spiro atoms. The van der Waals surface area contributed by atoms with Gasteiger partial charge in [-0.25, -0.2) is 0 Å². The summed E-state index contributed by atoms with van der Waals surface area (Å²) in [6.07, 6.45) is 71.7. The van der Waals surface area contributed by atoms with Crippen molar-refractivity contribution in [2.24, 2.45) is 0 Å². The third-order valence-corrected chi connectivity index (χ3v) is 12.4. The molecule has 0 aromatic heterocycles. The maximum atomic E-state index is 12.9. The molecule has 1 atom stereocenters. The van der Waals surface area contributed by atoms with E-state index in [4.69, 9.17) is 14.2 Å². The van der Waals surface area contributed by atoms with Gasteiger partial charge < -0.3 is 14.2 Å². The number of hydrogen-bond acceptors (Lipinski definition) is 6. The van der Waals surface area contributed by atoms with E-state index >= 15 is 0 Å². The molecule has 6 heteroatoms. The van der Waals surface area contributed by atoms with Gasteiger partial charge in [0.1, 0.15) is 13.2 Å². The summed E-state index contributed by atoms with van der Waals surface area (Å²) < 4.78 is 16.8. The predicted octanol–water partition coefficient (Wildman–Crippen LogP) is 19.4. The monoisotopic (exact) mass is 949 g/mol. The topological polar surface area (TPSA) is 78.9 Å². The zero-order chi connectivity index (χ0) is 49.3. The first-order chi connectivity index (χ1) is 33.5. The molecule has 0 aliphatic rings. The van der Waals surface area contributed by atoms with Crippen molar-refractivity contribution < 1.29 is 28.6 Å². The summed E-state index contributed by atoms with van der Waals surface area (Å²) in [4.78, 5) is 38.2. The van der Waals surface area contributed by atoms with E-state index in [1.54, 1.807) is 0 Å². The Morgan fingerprint density at radius 2 is 0.574 bits per heavy atom. The van der Waals surface area contributed by atoms with E-state index < -0.39 is 6.10 Å². The average molecular weight is 950 g/mol. The first kappa shape index (κ1) is 64.8. The third kappa shape index (κ3) is 53.8. The maximum Gasteiger partial charge on any atom is 0.306 e. The zero-order valence-corrected chi connectivity index (χ0v) is 44.9. The fourth-order valence-electron chi connectivity index (χ4n) is 8.07. The Labute approximate surface area is 421 Å². The number of unbranched alkanes of at least 4 members (excludes halogenated alkanes) is 29. The fraction of sp³-hybridized carbons (Fsp3) is 0.758. The quantitative estimate of drug-likeness (QED) is 0.0262. The molecule has 0 aliphatic carbocycles. The first-order valence-electron chi connectivity index (χ1n) is 28.9. The van der Waals surface area contributed by atoms with Crippen molar-refractivity contribution >= 4 is 17.9 Å². The zero-order valence-electron chi connectivity index (χ0n) is 44.9. The van der Waals surface area contributed by atoms with Crippen LogP contribution >= 0.6 is 0 Å². The van der Waals surface area contributed by atoms with E-state index in [1.165, 1.54) is 141 Å². The van der Waals surface area contributed by atoms with Crippen molar-refractivity contribution in [2.45, 2.75) is 290 Å². The van der Waals surface area contributed by atoms with Crippen LogP contribution in [-0.4, -0.2) is 37.2 Å². The number of ether oxygens (including phenoxy) is 3. The SMILES string of the molecule is CC/C=C\C/C=C\C/C=C\C/C=C\CCCCCCC(=O)OC(COC(=O)CCCCCCC/C=C\CCCCCCCC)COC(=O)CCCCCCCCC/C=C\CCCCCCCCC. The molecule has 0 fully saturated rings. The lowest BCUT2D eigenvalue weighted by Gasteiger charge is -2.18. The Morgan fingerprint density at radius 3 is 0.912 bits per heavy atom. The van der Waals surface area contributed by atoms with Crippen LogP contribution in [0.25, 0.3) is 0 Å². The molecule has 0 N–H and O–H groups in total. The fourth-order valence-corrected chi connectivity index (χ4v) is 8.07. The molecular formula is C62H108O6. The minimum atomic E-state index is -0.794. The van der Waals surface area contributed by atoms with Gasteiger partial charge in [-0.05, 0) is 109 Å². The minimum absolute atomic E-state index is 0.0897. The Hall–Kier alpha value is -3.15.